The molecule has 0 aromatic heterocycles. The van der Waals surface area contributed by atoms with Crippen LogP contribution in [-0.4, -0.2) is 23.0 Å². The summed E-state index contributed by atoms with van der Waals surface area (Å²) in [6.45, 7) is 2.14. The van der Waals surface area contributed by atoms with E-state index in [1.54, 1.807) is 0 Å². The number of hydrogen-bond acceptors (Lipinski definition) is 2. The molecule has 0 spiro atoms. The van der Waals surface area contributed by atoms with Gasteiger partial charge < -0.3 is 10.4 Å². The molecule has 0 bridgehead atoms. The highest BCUT2D eigenvalue weighted by atomic mass is 16.4. The molecule has 2 aliphatic rings. The Morgan fingerprint density at radius 2 is 1.93 bits per heavy atom. The lowest BCUT2D eigenvalue weighted by atomic mass is 9.67. The lowest BCUT2D eigenvalue weighted by Gasteiger charge is -2.40. The van der Waals surface area contributed by atoms with Crippen molar-refractivity contribution in [2.24, 2.45) is 11.3 Å². The van der Waals surface area contributed by atoms with E-state index >= 15 is 0 Å². The summed E-state index contributed by atoms with van der Waals surface area (Å²) >= 11 is 0. The number of carboxylic acid groups (broad SMARTS) is 1. The zero-order chi connectivity index (χ0) is 11.1. The first kappa shape index (κ1) is 10.5. The van der Waals surface area contributed by atoms with Crippen molar-refractivity contribution in [3.8, 4) is 0 Å². The van der Waals surface area contributed by atoms with Crippen molar-refractivity contribution in [3.63, 3.8) is 0 Å². The summed E-state index contributed by atoms with van der Waals surface area (Å²) in [5.41, 5.74) is -1.10. The molecule has 0 aromatic carbocycles. The van der Waals surface area contributed by atoms with Crippen molar-refractivity contribution in [3.05, 3.63) is 0 Å². The van der Waals surface area contributed by atoms with E-state index in [-0.39, 0.29) is 11.9 Å². The highest BCUT2D eigenvalue weighted by Gasteiger charge is 2.51. The summed E-state index contributed by atoms with van der Waals surface area (Å²) in [4.78, 5) is 22.8. The van der Waals surface area contributed by atoms with Crippen LogP contribution in [0.25, 0.3) is 0 Å². The Balaban J connectivity index is 1.92. The van der Waals surface area contributed by atoms with E-state index in [2.05, 4.69) is 12.2 Å². The molecule has 0 radical (unpaired) electrons. The molecule has 1 amide bonds. The lowest BCUT2D eigenvalue weighted by molar-refractivity contribution is -0.162. The molecule has 15 heavy (non-hydrogen) atoms. The second-order valence-corrected chi connectivity index (χ2v) is 4.99. The van der Waals surface area contributed by atoms with E-state index in [1.165, 1.54) is 0 Å². The highest BCUT2D eigenvalue weighted by Crippen LogP contribution is 2.42. The third kappa shape index (κ3) is 1.62. The Morgan fingerprint density at radius 3 is 2.27 bits per heavy atom. The van der Waals surface area contributed by atoms with Crippen LogP contribution in [0.3, 0.4) is 0 Å². The van der Waals surface area contributed by atoms with Crippen LogP contribution in [0.2, 0.25) is 0 Å². The lowest BCUT2D eigenvalue weighted by Crippen LogP contribution is -2.55. The number of carbonyl (C=O) groups is 2. The molecule has 0 aliphatic heterocycles. The van der Waals surface area contributed by atoms with Crippen LogP contribution in [-0.2, 0) is 9.59 Å². The first-order chi connectivity index (χ1) is 7.04. The number of hydrogen-bond donors (Lipinski definition) is 2. The Kier molecular flexibility index (Phi) is 2.44. The average Bonchev–Trinajstić information content (AvgIpc) is 1.97. The van der Waals surface area contributed by atoms with Crippen LogP contribution in [0.4, 0.5) is 0 Å². The van der Waals surface area contributed by atoms with Crippen molar-refractivity contribution in [1.29, 1.82) is 0 Å². The fourth-order valence-corrected chi connectivity index (χ4v) is 2.41. The van der Waals surface area contributed by atoms with Crippen molar-refractivity contribution in [2.45, 2.75) is 45.1 Å². The number of aliphatic carboxylic acids is 1. The zero-order valence-electron chi connectivity index (χ0n) is 8.95. The van der Waals surface area contributed by atoms with Gasteiger partial charge in [-0.2, -0.15) is 0 Å². The van der Waals surface area contributed by atoms with Gasteiger partial charge in [0.25, 0.3) is 0 Å². The number of nitrogens with one attached hydrogen (secondary N) is 1. The Bertz CT molecular complexity index is 290. The normalized spacial score (nSPS) is 32.3. The minimum atomic E-state index is -1.10. The van der Waals surface area contributed by atoms with Crippen molar-refractivity contribution >= 4 is 11.9 Å². The summed E-state index contributed by atoms with van der Waals surface area (Å²) in [6.07, 6.45) is 3.82. The Labute approximate surface area is 89.0 Å². The van der Waals surface area contributed by atoms with Gasteiger partial charge in [0, 0.05) is 6.04 Å². The smallest absolute Gasteiger partial charge is 0.319 e. The van der Waals surface area contributed by atoms with E-state index in [1.807, 2.05) is 0 Å². The molecule has 84 valence electrons. The molecule has 2 rings (SSSR count). The molecule has 4 nitrogen and oxygen atoms in total. The van der Waals surface area contributed by atoms with Crippen molar-refractivity contribution < 1.29 is 14.7 Å². The van der Waals surface area contributed by atoms with Gasteiger partial charge in [-0.05, 0) is 31.6 Å². The minimum Gasteiger partial charge on any atom is -0.480 e. The maximum absolute atomic E-state index is 11.8. The number of amides is 1. The second-order valence-electron chi connectivity index (χ2n) is 4.99. The molecule has 0 atom stereocenters. The van der Waals surface area contributed by atoms with Gasteiger partial charge in [0.15, 0.2) is 0 Å². The molecule has 0 saturated heterocycles. The number of carboxylic acids is 1. The van der Waals surface area contributed by atoms with Gasteiger partial charge in [0.2, 0.25) is 5.91 Å². The van der Waals surface area contributed by atoms with Crippen LogP contribution < -0.4 is 5.32 Å². The SMILES string of the molecule is CC1CC(NC(=O)C2(C(=O)O)CCC2)C1. The van der Waals surface area contributed by atoms with Gasteiger partial charge in [0.1, 0.15) is 5.41 Å². The monoisotopic (exact) mass is 211 g/mol. The zero-order valence-corrected chi connectivity index (χ0v) is 8.95. The highest BCUT2D eigenvalue weighted by molar-refractivity contribution is 6.02. The molecular formula is C11H17NO3. The van der Waals surface area contributed by atoms with Crippen LogP contribution in [0, 0.1) is 11.3 Å². The summed E-state index contributed by atoms with van der Waals surface area (Å²) in [5, 5.41) is 11.9. The van der Waals surface area contributed by atoms with Gasteiger partial charge in [0.05, 0.1) is 0 Å². The predicted molar refractivity (Wildman–Crippen MR) is 54.2 cm³/mol. The largest absolute Gasteiger partial charge is 0.480 e. The van der Waals surface area contributed by atoms with Crippen LogP contribution in [0.5, 0.6) is 0 Å². The van der Waals surface area contributed by atoms with Gasteiger partial charge in [-0.25, -0.2) is 0 Å². The Hall–Kier alpha value is -1.06. The summed E-state index contributed by atoms with van der Waals surface area (Å²) < 4.78 is 0. The molecular weight excluding hydrogens is 194 g/mol. The van der Waals surface area contributed by atoms with Gasteiger partial charge in [-0.3, -0.25) is 9.59 Å². The molecule has 0 aromatic rings. The van der Waals surface area contributed by atoms with Crippen LogP contribution in [0.15, 0.2) is 0 Å². The molecule has 4 heteroatoms. The Morgan fingerprint density at radius 1 is 1.33 bits per heavy atom. The van der Waals surface area contributed by atoms with Crippen molar-refractivity contribution in [1.82, 2.24) is 5.32 Å². The fraction of sp³-hybridized carbons (Fsp3) is 0.818. The summed E-state index contributed by atoms with van der Waals surface area (Å²) in [5.74, 6) is -0.561. The molecule has 2 fully saturated rings. The predicted octanol–water partition coefficient (Wildman–Crippen LogP) is 1.16. The topological polar surface area (TPSA) is 66.4 Å². The first-order valence-corrected chi connectivity index (χ1v) is 5.59. The van der Waals surface area contributed by atoms with Crippen molar-refractivity contribution in [2.75, 3.05) is 0 Å². The standard InChI is InChI=1S/C11H17NO3/c1-7-5-8(6-7)12-9(13)11(10(14)15)3-2-4-11/h7-8H,2-6H2,1H3,(H,12,13)(H,14,15). The van der Waals surface area contributed by atoms with E-state index in [4.69, 9.17) is 5.11 Å². The molecule has 0 heterocycles. The van der Waals surface area contributed by atoms with Crippen LogP contribution in [0.1, 0.15) is 39.0 Å². The van der Waals surface area contributed by atoms with Gasteiger partial charge in [-0.1, -0.05) is 13.3 Å². The van der Waals surface area contributed by atoms with E-state index in [0.717, 1.165) is 19.3 Å². The van der Waals surface area contributed by atoms with Gasteiger partial charge >= 0.3 is 5.97 Å². The average molecular weight is 211 g/mol. The minimum absolute atomic E-state index is 0.212. The molecule has 2 aliphatic carbocycles. The first-order valence-electron chi connectivity index (χ1n) is 5.59. The number of carbonyl (C=O) groups excluding carboxylic acids is 1. The summed E-state index contributed by atoms with van der Waals surface area (Å²) in [7, 11) is 0. The van der Waals surface area contributed by atoms with Crippen LogP contribution >= 0.6 is 0 Å². The molecule has 2 N–H and O–H groups in total. The third-order valence-corrected chi connectivity index (χ3v) is 3.76. The molecule has 0 unspecified atom stereocenters. The summed E-state index contributed by atoms with van der Waals surface area (Å²) in [6, 6.07) is 0.212. The third-order valence-electron chi connectivity index (χ3n) is 3.76. The van der Waals surface area contributed by atoms with Gasteiger partial charge in [-0.15, -0.1) is 0 Å². The van der Waals surface area contributed by atoms with E-state index in [0.29, 0.717) is 18.8 Å². The maximum Gasteiger partial charge on any atom is 0.319 e. The van der Waals surface area contributed by atoms with E-state index in [9.17, 15) is 9.59 Å². The maximum atomic E-state index is 11.8. The second kappa shape index (κ2) is 3.51. The number of rotatable bonds is 3. The molecule has 2 saturated carbocycles. The fourth-order valence-electron chi connectivity index (χ4n) is 2.41. The quantitative estimate of drug-likeness (QED) is 0.688. The van der Waals surface area contributed by atoms with E-state index < -0.39 is 11.4 Å².